The highest BCUT2D eigenvalue weighted by atomic mass is 17.3. The lowest BCUT2D eigenvalue weighted by molar-refractivity contribution is -0.218. The van der Waals surface area contributed by atoms with E-state index in [9.17, 15) is 9.59 Å². The number of carbonyl (C=O) groups is 2. The largest absolute Gasteiger partial charge is 0.550 e. The van der Waals surface area contributed by atoms with Crippen LogP contribution in [0.5, 0.6) is 0 Å². The number of hydrogen-bond acceptors (Lipinski definition) is 8. The van der Waals surface area contributed by atoms with Crippen LogP contribution in [0.1, 0.15) is 0 Å². The van der Waals surface area contributed by atoms with Crippen molar-refractivity contribution in [3.05, 3.63) is 0 Å². The Morgan fingerprint density at radius 1 is 0.750 bits per heavy atom. The molecular weight excluding hydrogens is 224 g/mol. The second-order valence-electron chi connectivity index (χ2n) is 2.35. The van der Waals surface area contributed by atoms with Gasteiger partial charge < -0.3 is 18.9 Å². The quantitative estimate of drug-likeness (QED) is 0.286. The minimum absolute atomic E-state index is 0.00256. The molecule has 94 valence electrons. The average molecular weight is 238 g/mol. The second-order valence-corrected chi connectivity index (χ2v) is 2.35. The van der Waals surface area contributed by atoms with Gasteiger partial charge in [0.15, 0.2) is 0 Å². The van der Waals surface area contributed by atoms with Gasteiger partial charge in [0.2, 0.25) is 0 Å². The van der Waals surface area contributed by atoms with Crippen LogP contribution in [0.15, 0.2) is 0 Å². The molecule has 16 heavy (non-hydrogen) atoms. The third-order valence-electron chi connectivity index (χ3n) is 1.19. The van der Waals surface area contributed by atoms with E-state index in [0.29, 0.717) is 0 Å². The maximum absolute atomic E-state index is 10.7. The van der Waals surface area contributed by atoms with Gasteiger partial charge in [-0.3, -0.25) is 0 Å². The van der Waals surface area contributed by atoms with Gasteiger partial charge in [-0.1, -0.05) is 0 Å². The van der Waals surface area contributed by atoms with E-state index >= 15 is 0 Å². The first kappa shape index (κ1) is 14.5. The normalized spacial score (nSPS) is 9.38. The number of hydrogen-bond donors (Lipinski definition) is 0. The highest BCUT2D eigenvalue weighted by Crippen LogP contribution is 1.91. The predicted octanol–water partition coefficient (Wildman–Crippen LogP) is 0.501. The summed E-state index contributed by atoms with van der Waals surface area (Å²) in [6.45, 7) is 0.426. The van der Waals surface area contributed by atoms with Crippen LogP contribution in [0.2, 0.25) is 0 Å². The van der Waals surface area contributed by atoms with E-state index in [0.717, 1.165) is 0 Å². The lowest BCUT2D eigenvalue weighted by Gasteiger charge is -2.04. The Bertz CT molecular complexity index is 182. The molecule has 0 rings (SSSR count). The van der Waals surface area contributed by atoms with Gasteiger partial charge in [0.25, 0.3) is 0 Å². The Labute approximate surface area is 92.2 Å². The highest BCUT2D eigenvalue weighted by Gasteiger charge is 2.11. The third kappa shape index (κ3) is 9.03. The summed E-state index contributed by atoms with van der Waals surface area (Å²) in [5, 5.41) is 0. The average Bonchev–Trinajstić information content (AvgIpc) is 2.27. The summed E-state index contributed by atoms with van der Waals surface area (Å²) in [6, 6.07) is 0. The molecule has 0 N–H and O–H groups in total. The van der Waals surface area contributed by atoms with Crippen LogP contribution >= 0.6 is 0 Å². The lowest BCUT2D eigenvalue weighted by atomic mass is 10.8. The van der Waals surface area contributed by atoms with Crippen molar-refractivity contribution in [2.45, 2.75) is 0 Å². The Morgan fingerprint density at radius 3 is 1.44 bits per heavy atom. The molecule has 0 saturated heterocycles. The van der Waals surface area contributed by atoms with Gasteiger partial charge in [-0.25, -0.2) is 0 Å². The molecule has 0 radical (unpaired) electrons. The smallest absolute Gasteiger partial charge is 0.429 e. The minimum Gasteiger partial charge on any atom is -0.429 e. The number of carbonyl (C=O) groups excluding carboxylic acids is 2. The van der Waals surface area contributed by atoms with Crippen LogP contribution in [-0.2, 0) is 28.7 Å². The van der Waals surface area contributed by atoms with Gasteiger partial charge in [0.05, 0.1) is 13.2 Å². The molecule has 0 fully saturated rings. The second kappa shape index (κ2) is 9.99. The first-order valence-corrected chi connectivity index (χ1v) is 4.36. The van der Waals surface area contributed by atoms with Crippen LogP contribution in [0.4, 0.5) is 9.59 Å². The summed E-state index contributed by atoms with van der Waals surface area (Å²) in [5.41, 5.74) is 0. The molecule has 0 aliphatic rings. The number of rotatable bonds is 6. The molecule has 0 amide bonds. The standard InChI is InChI=1S/C8H14O8/c1-11-3-5-13-7(9)15-16-8(10)14-6-4-12-2/h3-6H2,1-2H3. The molecule has 0 saturated carbocycles. The van der Waals surface area contributed by atoms with Crippen molar-refractivity contribution in [2.24, 2.45) is 0 Å². The molecule has 0 spiro atoms. The Hall–Kier alpha value is -1.54. The van der Waals surface area contributed by atoms with Gasteiger partial charge >= 0.3 is 12.3 Å². The van der Waals surface area contributed by atoms with Crippen molar-refractivity contribution in [3.63, 3.8) is 0 Å². The zero-order valence-corrected chi connectivity index (χ0v) is 9.09. The van der Waals surface area contributed by atoms with Crippen molar-refractivity contribution in [1.82, 2.24) is 0 Å². The molecule has 8 heteroatoms. The molecule has 0 aromatic carbocycles. The molecule has 0 aliphatic heterocycles. The topological polar surface area (TPSA) is 89.5 Å². The van der Waals surface area contributed by atoms with Gasteiger partial charge in [-0.05, 0) is 0 Å². The van der Waals surface area contributed by atoms with Crippen LogP contribution in [0.3, 0.4) is 0 Å². The first-order valence-electron chi connectivity index (χ1n) is 4.36. The molecular formula is C8H14O8. The van der Waals surface area contributed by atoms with E-state index in [1.807, 2.05) is 0 Å². The Balaban J connectivity index is 3.40. The zero-order valence-electron chi connectivity index (χ0n) is 9.09. The van der Waals surface area contributed by atoms with Crippen molar-refractivity contribution < 1.29 is 38.3 Å². The van der Waals surface area contributed by atoms with Gasteiger partial charge in [-0.15, -0.1) is 0 Å². The fraction of sp³-hybridized carbons (Fsp3) is 0.750. The molecule has 8 nitrogen and oxygen atoms in total. The summed E-state index contributed by atoms with van der Waals surface area (Å²) in [4.78, 5) is 29.3. The van der Waals surface area contributed by atoms with Crippen molar-refractivity contribution in [1.29, 1.82) is 0 Å². The maximum Gasteiger partial charge on any atom is 0.550 e. The summed E-state index contributed by atoms with van der Waals surface area (Å²) < 4.78 is 18.0. The SMILES string of the molecule is COCCOC(=O)OOC(=O)OCCOC. The van der Waals surface area contributed by atoms with Crippen LogP contribution in [-0.4, -0.2) is 53.0 Å². The molecule has 0 aromatic rings. The van der Waals surface area contributed by atoms with Crippen LogP contribution < -0.4 is 0 Å². The summed E-state index contributed by atoms with van der Waals surface area (Å²) in [6.07, 6.45) is -2.30. The van der Waals surface area contributed by atoms with Gasteiger partial charge in [0, 0.05) is 14.2 Å². The third-order valence-corrected chi connectivity index (χ3v) is 1.19. The van der Waals surface area contributed by atoms with E-state index in [1.54, 1.807) is 0 Å². The Morgan fingerprint density at radius 2 is 1.12 bits per heavy atom. The van der Waals surface area contributed by atoms with E-state index in [4.69, 9.17) is 0 Å². The monoisotopic (exact) mass is 238 g/mol. The van der Waals surface area contributed by atoms with E-state index in [1.165, 1.54) is 14.2 Å². The molecule has 0 heterocycles. The highest BCUT2D eigenvalue weighted by molar-refractivity contribution is 5.63. The minimum atomic E-state index is -1.15. The predicted molar refractivity (Wildman–Crippen MR) is 48.6 cm³/mol. The van der Waals surface area contributed by atoms with E-state index < -0.39 is 12.3 Å². The Kier molecular flexibility index (Phi) is 9.03. The molecule has 0 aliphatic carbocycles. The van der Waals surface area contributed by atoms with Crippen molar-refractivity contribution in [2.75, 3.05) is 40.6 Å². The fourth-order valence-electron chi connectivity index (χ4n) is 0.533. The summed E-state index contributed by atoms with van der Waals surface area (Å²) >= 11 is 0. The fourth-order valence-corrected chi connectivity index (χ4v) is 0.533. The maximum atomic E-state index is 10.7. The van der Waals surface area contributed by atoms with Gasteiger partial charge in [-0.2, -0.15) is 19.4 Å². The molecule has 0 aromatic heterocycles. The number of methoxy groups -OCH3 is 2. The summed E-state index contributed by atoms with van der Waals surface area (Å²) in [5.74, 6) is 0. The van der Waals surface area contributed by atoms with E-state index in [-0.39, 0.29) is 26.4 Å². The lowest BCUT2D eigenvalue weighted by Crippen LogP contribution is -2.16. The zero-order chi connectivity index (χ0) is 12.2. The summed E-state index contributed by atoms with van der Waals surface area (Å²) in [7, 11) is 2.89. The molecule has 0 unspecified atom stereocenters. The van der Waals surface area contributed by atoms with Gasteiger partial charge in [0.1, 0.15) is 13.2 Å². The van der Waals surface area contributed by atoms with Crippen molar-refractivity contribution >= 4 is 12.3 Å². The van der Waals surface area contributed by atoms with Crippen molar-refractivity contribution in [3.8, 4) is 0 Å². The molecule has 0 bridgehead atoms. The molecule has 0 atom stereocenters. The number of ether oxygens (including phenoxy) is 4. The van der Waals surface area contributed by atoms with Crippen LogP contribution in [0, 0.1) is 0 Å². The van der Waals surface area contributed by atoms with E-state index in [2.05, 4.69) is 28.7 Å². The first-order chi connectivity index (χ1) is 7.70. The van der Waals surface area contributed by atoms with Crippen LogP contribution in [0.25, 0.3) is 0 Å².